The van der Waals surface area contributed by atoms with E-state index in [1.165, 1.54) is 6.08 Å². The summed E-state index contributed by atoms with van der Waals surface area (Å²) in [5.41, 5.74) is 0.630. The average molecular weight is 432 g/mol. The Bertz CT molecular complexity index is 714. The molecule has 6 heteroatoms. The van der Waals surface area contributed by atoms with Crippen LogP contribution in [0.5, 0.6) is 11.5 Å². The number of hydrogen-bond acceptors (Lipinski definition) is 2. The number of benzene rings is 2. The van der Waals surface area contributed by atoms with Gasteiger partial charge in [0.2, 0.25) is 0 Å². The first-order valence-corrected chi connectivity index (χ1v) is 7.75. The SMILES string of the molecule is O=C(O)/C=C/c1cc(Br)ccc1Oc1ccc(Br)cc1Cl. The van der Waals surface area contributed by atoms with E-state index in [1.54, 1.807) is 30.3 Å². The fourth-order valence-electron chi connectivity index (χ4n) is 1.58. The molecule has 0 fully saturated rings. The van der Waals surface area contributed by atoms with Crippen molar-refractivity contribution in [3.63, 3.8) is 0 Å². The highest BCUT2D eigenvalue weighted by atomic mass is 79.9. The van der Waals surface area contributed by atoms with Crippen LogP contribution in [0.25, 0.3) is 6.08 Å². The molecule has 1 N–H and O–H groups in total. The second kappa shape index (κ2) is 7.11. The van der Waals surface area contributed by atoms with Gasteiger partial charge in [0, 0.05) is 20.6 Å². The zero-order valence-electron chi connectivity index (χ0n) is 10.5. The molecule has 0 aromatic heterocycles. The highest BCUT2D eigenvalue weighted by Gasteiger charge is 2.08. The molecule has 2 aromatic rings. The number of aliphatic carboxylic acids is 1. The third kappa shape index (κ3) is 4.59. The van der Waals surface area contributed by atoms with Gasteiger partial charge in [-0.05, 0) is 42.5 Å². The van der Waals surface area contributed by atoms with E-state index < -0.39 is 5.97 Å². The van der Waals surface area contributed by atoms with Gasteiger partial charge in [-0.1, -0.05) is 43.5 Å². The highest BCUT2D eigenvalue weighted by molar-refractivity contribution is 9.10. The second-order valence-electron chi connectivity index (χ2n) is 4.03. The van der Waals surface area contributed by atoms with Crippen molar-refractivity contribution >= 4 is 55.5 Å². The minimum Gasteiger partial charge on any atom is -0.478 e. The summed E-state index contributed by atoms with van der Waals surface area (Å²) in [4.78, 5) is 10.7. The first-order chi connectivity index (χ1) is 9.95. The molecule has 0 saturated heterocycles. The Balaban J connectivity index is 2.37. The number of hydrogen-bond donors (Lipinski definition) is 1. The fraction of sp³-hybridized carbons (Fsp3) is 0. The Kier molecular flexibility index (Phi) is 5.45. The van der Waals surface area contributed by atoms with Crippen molar-refractivity contribution in [2.24, 2.45) is 0 Å². The third-order valence-corrected chi connectivity index (χ3v) is 3.77. The largest absolute Gasteiger partial charge is 0.478 e. The van der Waals surface area contributed by atoms with E-state index in [4.69, 9.17) is 21.4 Å². The van der Waals surface area contributed by atoms with Gasteiger partial charge in [-0.3, -0.25) is 0 Å². The number of carbonyl (C=O) groups is 1. The lowest BCUT2D eigenvalue weighted by atomic mass is 10.2. The van der Waals surface area contributed by atoms with Crippen LogP contribution in [-0.4, -0.2) is 11.1 Å². The molecule has 2 aromatic carbocycles. The van der Waals surface area contributed by atoms with Gasteiger partial charge in [-0.25, -0.2) is 4.79 Å². The number of rotatable bonds is 4. The molecule has 0 aliphatic heterocycles. The molecule has 2 rings (SSSR count). The Morgan fingerprint density at radius 1 is 1.10 bits per heavy atom. The normalized spacial score (nSPS) is 10.8. The third-order valence-electron chi connectivity index (χ3n) is 2.49. The van der Waals surface area contributed by atoms with Gasteiger partial charge in [0.15, 0.2) is 0 Å². The predicted octanol–water partition coefficient (Wildman–Crippen LogP) is 5.76. The van der Waals surface area contributed by atoms with Gasteiger partial charge in [0.05, 0.1) is 5.02 Å². The van der Waals surface area contributed by atoms with Gasteiger partial charge in [-0.2, -0.15) is 0 Å². The van der Waals surface area contributed by atoms with Crippen LogP contribution >= 0.6 is 43.5 Å². The first kappa shape index (κ1) is 16.1. The molecule has 0 radical (unpaired) electrons. The Labute approximate surface area is 143 Å². The molecular weight excluding hydrogens is 423 g/mol. The molecule has 0 aliphatic rings. The van der Waals surface area contributed by atoms with Crippen LogP contribution in [0, 0.1) is 0 Å². The van der Waals surface area contributed by atoms with Crippen molar-refractivity contribution in [1.29, 1.82) is 0 Å². The van der Waals surface area contributed by atoms with Gasteiger partial charge in [0.1, 0.15) is 11.5 Å². The van der Waals surface area contributed by atoms with Crippen LogP contribution in [0.3, 0.4) is 0 Å². The maximum atomic E-state index is 10.7. The molecule has 0 amide bonds. The zero-order chi connectivity index (χ0) is 15.4. The van der Waals surface area contributed by atoms with Crippen molar-refractivity contribution in [2.75, 3.05) is 0 Å². The summed E-state index contributed by atoms with van der Waals surface area (Å²) >= 11 is 12.8. The lowest BCUT2D eigenvalue weighted by Gasteiger charge is -2.11. The zero-order valence-corrected chi connectivity index (χ0v) is 14.4. The number of halogens is 3. The van der Waals surface area contributed by atoms with Crippen LogP contribution < -0.4 is 4.74 Å². The Morgan fingerprint density at radius 2 is 1.71 bits per heavy atom. The summed E-state index contributed by atoms with van der Waals surface area (Å²) in [6.07, 6.45) is 2.52. The fourth-order valence-corrected chi connectivity index (χ4v) is 2.67. The van der Waals surface area contributed by atoms with Crippen molar-refractivity contribution in [3.8, 4) is 11.5 Å². The molecule has 0 bridgehead atoms. The van der Waals surface area contributed by atoms with Gasteiger partial charge < -0.3 is 9.84 Å². The average Bonchev–Trinajstić information content (AvgIpc) is 2.41. The maximum Gasteiger partial charge on any atom is 0.328 e. The van der Waals surface area contributed by atoms with E-state index in [1.807, 2.05) is 6.07 Å². The Morgan fingerprint density at radius 3 is 2.33 bits per heavy atom. The molecule has 0 spiro atoms. The molecule has 0 heterocycles. The standard InChI is InChI=1S/C15H9Br2ClO3/c16-10-2-4-13(9(7-10)1-6-15(19)20)21-14-5-3-11(17)8-12(14)18/h1-8H,(H,19,20)/b6-1+. The summed E-state index contributed by atoms with van der Waals surface area (Å²) in [7, 11) is 0. The Hall–Kier alpha value is -1.30. The highest BCUT2D eigenvalue weighted by Crippen LogP contribution is 2.34. The smallest absolute Gasteiger partial charge is 0.328 e. The summed E-state index contributed by atoms with van der Waals surface area (Å²) < 4.78 is 7.43. The summed E-state index contributed by atoms with van der Waals surface area (Å²) in [5, 5.41) is 9.19. The minimum atomic E-state index is -1.03. The summed E-state index contributed by atoms with van der Waals surface area (Å²) in [6, 6.07) is 10.6. The van der Waals surface area contributed by atoms with Crippen LogP contribution in [0.2, 0.25) is 5.02 Å². The van der Waals surface area contributed by atoms with Gasteiger partial charge >= 0.3 is 5.97 Å². The predicted molar refractivity (Wildman–Crippen MR) is 90.0 cm³/mol. The molecule has 108 valence electrons. The minimum absolute atomic E-state index is 0.459. The van der Waals surface area contributed by atoms with Crippen LogP contribution in [0.1, 0.15) is 5.56 Å². The molecular formula is C15H9Br2ClO3. The van der Waals surface area contributed by atoms with Crippen LogP contribution in [-0.2, 0) is 4.79 Å². The molecule has 3 nitrogen and oxygen atoms in total. The monoisotopic (exact) mass is 430 g/mol. The second-order valence-corrected chi connectivity index (χ2v) is 6.27. The summed E-state index contributed by atoms with van der Waals surface area (Å²) in [5.74, 6) is -0.0188. The van der Waals surface area contributed by atoms with E-state index in [9.17, 15) is 4.79 Å². The first-order valence-electron chi connectivity index (χ1n) is 5.79. The van der Waals surface area contributed by atoms with Gasteiger partial charge in [0.25, 0.3) is 0 Å². The van der Waals surface area contributed by atoms with Crippen molar-refractivity contribution < 1.29 is 14.6 Å². The van der Waals surface area contributed by atoms with Crippen molar-refractivity contribution in [3.05, 3.63) is 62.0 Å². The topological polar surface area (TPSA) is 46.5 Å². The van der Waals surface area contributed by atoms with Crippen LogP contribution in [0.15, 0.2) is 51.4 Å². The van der Waals surface area contributed by atoms with Crippen molar-refractivity contribution in [2.45, 2.75) is 0 Å². The molecule has 0 saturated carbocycles. The van der Waals surface area contributed by atoms with E-state index >= 15 is 0 Å². The van der Waals surface area contributed by atoms with Crippen molar-refractivity contribution in [1.82, 2.24) is 0 Å². The lowest BCUT2D eigenvalue weighted by Crippen LogP contribution is -1.90. The lowest BCUT2D eigenvalue weighted by molar-refractivity contribution is -0.131. The molecule has 0 aliphatic carbocycles. The summed E-state index contributed by atoms with van der Waals surface area (Å²) in [6.45, 7) is 0. The van der Waals surface area contributed by atoms with E-state index in [0.29, 0.717) is 22.1 Å². The maximum absolute atomic E-state index is 10.7. The van der Waals surface area contributed by atoms with Crippen LogP contribution in [0.4, 0.5) is 0 Å². The number of carboxylic acids is 1. The van der Waals surface area contributed by atoms with E-state index in [2.05, 4.69) is 31.9 Å². The van der Waals surface area contributed by atoms with E-state index in [0.717, 1.165) is 15.0 Å². The molecule has 21 heavy (non-hydrogen) atoms. The number of ether oxygens (including phenoxy) is 1. The number of carboxylic acid groups (broad SMARTS) is 1. The van der Waals surface area contributed by atoms with E-state index in [-0.39, 0.29) is 0 Å². The quantitative estimate of drug-likeness (QED) is 0.626. The molecule has 0 atom stereocenters. The molecule has 0 unspecified atom stereocenters. The van der Waals surface area contributed by atoms with Gasteiger partial charge in [-0.15, -0.1) is 0 Å².